The fraction of sp³-hybridized carbons (Fsp3) is 0.476. The van der Waals surface area contributed by atoms with Gasteiger partial charge in [0, 0.05) is 46.8 Å². The third kappa shape index (κ3) is 11.2. The molecule has 1 aliphatic carbocycles. The third-order valence-corrected chi connectivity index (χ3v) is 11.2. The molecule has 2 aromatic heterocycles. The van der Waals surface area contributed by atoms with Gasteiger partial charge in [-0.3, -0.25) is 9.59 Å². The van der Waals surface area contributed by atoms with Crippen LogP contribution in [0.5, 0.6) is 5.75 Å². The Morgan fingerprint density at radius 1 is 0.885 bits per heavy atom. The van der Waals surface area contributed by atoms with Gasteiger partial charge in [-0.1, -0.05) is 96.2 Å². The minimum absolute atomic E-state index is 0.0890. The molecular formula is C42H54N4O5S. The maximum absolute atomic E-state index is 13.7. The summed E-state index contributed by atoms with van der Waals surface area (Å²) in [5, 5.41) is 25.6. The lowest BCUT2D eigenvalue weighted by Crippen LogP contribution is -2.51. The Morgan fingerprint density at radius 3 is 2.23 bits per heavy atom. The van der Waals surface area contributed by atoms with Gasteiger partial charge in [0.2, 0.25) is 5.91 Å². The van der Waals surface area contributed by atoms with Crippen LogP contribution in [0.25, 0.3) is 22.5 Å². The van der Waals surface area contributed by atoms with Crippen molar-refractivity contribution in [2.45, 2.75) is 116 Å². The number of ether oxygens (including phenoxy) is 1. The summed E-state index contributed by atoms with van der Waals surface area (Å²) in [6, 6.07) is 18.5. The molecule has 1 saturated carbocycles. The van der Waals surface area contributed by atoms with Crippen LogP contribution in [0.15, 0.2) is 73.1 Å². The molecule has 0 aliphatic heterocycles. The number of nitrogens with zero attached hydrogens (tertiary/aromatic N) is 2. The zero-order chi connectivity index (χ0) is 37.1. The molecule has 0 saturated heterocycles. The number of amides is 2. The van der Waals surface area contributed by atoms with E-state index in [1.807, 2.05) is 73.1 Å². The quantitative estimate of drug-likeness (QED) is 0.0683. The minimum Gasteiger partial charge on any atom is -0.494 e. The van der Waals surface area contributed by atoms with Gasteiger partial charge >= 0.3 is 0 Å². The van der Waals surface area contributed by atoms with Crippen LogP contribution in [0.4, 0.5) is 0 Å². The van der Waals surface area contributed by atoms with Crippen LogP contribution in [-0.2, 0) is 16.6 Å². The van der Waals surface area contributed by atoms with Crippen LogP contribution >= 0.6 is 11.3 Å². The summed E-state index contributed by atoms with van der Waals surface area (Å²) < 4.78 is 5.91. The molecule has 10 heteroatoms. The van der Waals surface area contributed by atoms with Gasteiger partial charge in [-0.15, -0.1) is 11.3 Å². The zero-order valence-electron chi connectivity index (χ0n) is 30.9. The molecule has 278 valence electrons. The molecule has 1 aliphatic rings. The lowest BCUT2D eigenvalue weighted by atomic mass is 9.85. The first-order valence-corrected chi connectivity index (χ1v) is 19.5. The Hall–Kier alpha value is -4.12. The zero-order valence-corrected chi connectivity index (χ0v) is 31.8. The highest BCUT2D eigenvalue weighted by Gasteiger charge is 2.30. The second-order valence-corrected chi connectivity index (χ2v) is 16.1. The van der Waals surface area contributed by atoms with Crippen LogP contribution < -0.4 is 15.4 Å². The van der Waals surface area contributed by atoms with Crippen LogP contribution in [0, 0.1) is 5.92 Å². The van der Waals surface area contributed by atoms with E-state index >= 15 is 0 Å². The fourth-order valence-electron chi connectivity index (χ4n) is 6.52. The predicted octanol–water partition coefficient (Wildman–Crippen LogP) is 7.85. The Labute approximate surface area is 312 Å². The smallest absolute Gasteiger partial charge is 0.262 e. The van der Waals surface area contributed by atoms with E-state index in [9.17, 15) is 19.8 Å². The number of carbonyl (C=O) groups is 2. The molecule has 9 nitrogen and oxygen atoms in total. The molecule has 3 atom stereocenters. The van der Waals surface area contributed by atoms with E-state index in [0.29, 0.717) is 23.5 Å². The molecular weight excluding hydrogens is 673 g/mol. The molecule has 1 fully saturated rings. The highest BCUT2D eigenvalue weighted by molar-refractivity contribution is 7.14. The van der Waals surface area contributed by atoms with E-state index < -0.39 is 12.3 Å². The molecule has 4 aromatic rings. The highest BCUT2D eigenvalue weighted by Crippen LogP contribution is 2.30. The number of aromatic nitrogens is 2. The fourth-order valence-corrected chi connectivity index (χ4v) is 7.49. The van der Waals surface area contributed by atoms with Crippen molar-refractivity contribution in [3.63, 3.8) is 0 Å². The van der Waals surface area contributed by atoms with Gasteiger partial charge in [0.1, 0.15) is 11.8 Å². The van der Waals surface area contributed by atoms with Gasteiger partial charge in [-0.25, -0.2) is 9.97 Å². The largest absolute Gasteiger partial charge is 0.494 e. The Balaban J connectivity index is 1.23. The van der Waals surface area contributed by atoms with Gasteiger partial charge in [-0.2, -0.15) is 0 Å². The summed E-state index contributed by atoms with van der Waals surface area (Å²) in [4.78, 5) is 38.0. The van der Waals surface area contributed by atoms with Crippen molar-refractivity contribution in [2.24, 2.45) is 5.92 Å². The lowest BCUT2D eigenvalue weighted by molar-refractivity contribution is -0.125. The summed E-state index contributed by atoms with van der Waals surface area (Å²) in [6.07, 6.45) is 11.3. The summed E-state index contributed by atoms with van der Waals surface area (Å²) in [5.74, 6) is 0.586. The first kappa shape index (κ1) is 39.1. The molecule has 2 amide bonds. The number of hydrogen-bond acceptors (Lipinski definition) is 8. The number of nitrogens with one attached hydrogen (secondary N) is 2. The van der Waals surface area contributed by atoms with Gasteiger partial charge in [0.05, 0.1) is 11.5 Å². The number of thiophene rings is 1. The van der Waals surface area contributed by atoms with Crippen molar-refractivity contribution in [3.8, 4) is 28.3 Å². The van der Waals surface area contributed by atoms with Gasteiger partial charge in [-0.05, 0) is 66.5 Å². The van der Waals surface area contributed by atoms with Crippen molar-refractivity contribution in [3.05, 3.63) is 88.4 Å². The van der Waals surface area contributed by atoms with Crippen molar-refractivity contribution in [1.82, 2.24) is 20.6 Å². The molecule has 2 heterocycles. The minimum atomic E-state index is -1.41. The lowest BCUT2D eigenvalue weighted by Gasteiger charge is -2.31. The maximum atomic E-state index is 13.7. The molecule has 0 radical (unpaired) electrons. The third-order valence-electron chi connectivity index (χ3n) is 9.68. The van der Waals surface area contributed by atoms with Gasteiger partial charge < -0.3 is 25.6 Å². The van der Waals surface area contributed by atoms with E-state index in [0.717, 1.165) is 58.7 Å². The molecule has 52 heavy (non-hydrogen) atoms. The van der Waals surface area contributed by atoms with Crippen molar-refractivity contribution in [2.75, 3.05) is 6.61 Å². The average Bonchev–Trinajstić information content (AvgIpc) is 3.66. The second-order valence-electron chi connectivity index (χ2n) is 15.0. The molecule has 0 bridgehead atoms. The number of aliphatic hydroxyl groups excluding tert-OH is 1. The van der Waals surface area contributed by atoms with Crippen LogP contribution in [0.1, 0.15) is 106 Å². The number of rotatable bonds is 16. The molecule has 4 N–H and O–H groups in total. The normalized spacial score (nSPS) is 16.8. The SMILES string of the molecule is CCCCCCCOc1ccc(-c2cnc(-c3ccc(C[C@H](NC(=O)c4ccc(C(C)(C)C)s4)C(=O)NC4CCCC(C(O)O)C4)cc3)nc2)cc1. The van der Waals surface area contributed by atoms with Gasteiger partial charge in [0.25, 0.3) is 5.91 Å². The van der Waals surface area contributed by atoms with Crippen LogP contribution in [0.2, 0.25) is 0 Å². The monoisotopic (exact) mass is 726 g/mol. The number of aliphatic hydroxyl groups is 2. The molecule has 5 rings (SSSR count). The molecule has 0 spiro atoms. The maximum Gasteiger partial charge on any atom is 0.262 e. The van der Waals surface area contributed by atoms with E-state index in [-0.39, 0.29) is 35.6 Å². The van der Waals surface area contributed by atoms with Crippen molar-refractivity contribution in [1.29, 1.82) is 0 Å². The standard InChI is InChI=1S/C42H54N4O5S/c1-5-6-7-8-9-23-51-34-19-17-29(18-20-34)32-26-43-38(44-27-32)30-15-13-28(14-16-30)24-35(39(47)45-33-12-10-11-31(25-33)41(49)50)46-40(48)36-21-22-37(52-36)42(2,3)4/h13-22,26-27,31,33,35,41,49-50H,5-12,23-25H2,1-4H3,(H,45,47)(H,46,48)/t31?,33?,35-/m0/s1. The van der Waals surface area contributed by atoms with E-state index in [1.165, 1.54) is 37.0 Å². The van der Waals surface area contributed by atoms with E-state index in [1.54, 1.807) is 0 Å². The summed E-state index contributed by atoms with van der Waals surface area (Å²) in [6.45, 7) is 9.26. The first-order chi connectivity index (χ1) is 25.0. The topological polar surface area (TPSA) is 134 Å². The van der Waals surface area contributed by atoms with Crippen molar-refractivity contribution < 1.29 is 24.5 Å². The van der Waals surface area contributed by atoms with Crippen LogP contribution in [0.3, 0.4) is 0 Å². The molecule has 2 aromatic carbocycles. The summed E-state index contributed by atoms with van der Waals surface area (Å²) in [5.41, 5.74) is 3.55. The summed E-state index contributed by atoms with van der Waals surface area (Å²) >= 11 is 1.43. The first-order valence-electron chi connectivity index (χ1n) is 18.7. The van der Waals surface area contributed by atoms with Crippen LogP contribution in [-0.4, -0.2) is 57.0 Å². The van der Waals surface area contributed by atoms with E-state index in [2.05, 4.69) is 48.3 Å². The Kier molecular flexibility index (Phi) is 14.0. The predicted molar refractivity (Wildman–Crippen MR) is 207 cm³/mol. The summed E-state index contributed by atoms with van der Waals surface area (Å²) in [7, 11) is 0. The number of carbonyl (C=O) groups excluding carboxylic acids is 2. The second kappa shape index (κ2) is 18.6. The van der Waals surface area contributed by atoms with Gasteiger partial charge in [0.15, 0.2) is 12.1 Å². The highest BCUT2D eigenvalue weighted by atomic mass is 32.1. The molecule has 2 unspecified atom stereocenters. The Bertz CT molecular complexity index is 1720. The average molecular weight is 727 g/mol. The van der Waals surface area contributed by atoms with E-state index in [4.69, 9.17) is 4.74 Å². The number of hydrogen-bond donors (Lipinski definition) is 4. The number of benzene rings is 2. The van der Waals surface area contributed by atoms with Crippen molar-refractivity contribution >= 4 is 23.2 Å². The number of unbranched alkanes of at least 4 members (excludes halogenated alkanes) is 4. The Morgan fingerprint density at radius 2 is 1.58 bits per heavy atom.